The van der Waals surface area contributed by atoms with Gasteiger partial charge in [-0.3, -0.25) is 4.90 Å². The lowest BCUT2D eigenvalue weighted by molar-refractivity contribution is 0.0682. The fourth-order valence-corrected chi connectivity index (χ4v) is 5.30. The van der Waals surface area contributed by atoms with Crippen molar-refractivity contribution in [3.05, 3.63) is 88.4 Å². The predicted octanol–water partition coefficient (Wildman–Crippen LogP) is 5.88. The molecule has 3 atom stereocenters. The average molecular weight is 509 g/mol. The average Bonchev–Trinajstić information content (AvgIpc) is 3.68. The number of nitrogens with zero attached hydrogens (tertiary/aromatic N) is 2. The smallest absolute Gasteiger partial charge is 0.411 e. The number of epoxide rings is 1. The first-order chi connectivity index (χ1) is 17.5. The molecule has 3 aromatic rings. The van der Waals surface area contributed by atoms with Crippen molar-refractivity contribution < 1.29 is 23.4 Å². The van der Waals surface area contributed by atoms with E-state index in [4.69, 9.17) is 25.8 Å². The normalized spacial score (nSPS) is 22.8. The van der Waals surface area contributed by atoms with Gasteiger partial charge in [-0.2, -0.15) is 0 Å². The maximum atomic E-state index is 13.5. The molecule has 1 amide bonds. The lowest BCUT2D eigenvalue weighted by atomic mass is 9.92. The van der Waals surface area contributed by atoms with Crippen molar-refractivity contribution in [1.29, 1.82) is 0 Å². The number of fused-ring (bicyclic) bond motifs is 3. The Morgan fingerprint density at radius 2 is 2.03 bits per heavy atom. The molecule has 0 saturated carbocycles. The Morgan fingerprint density at radius 3 is 2.75 bits per heavy atom. The Labute approximate surface area is 213 Å². The maximum Gasteiger partial charge on any atom is 0.411 e. The number of allylic oxidation sites excluding steroid dienone is 2. The first-order valence-electron chi connectivity index (χ1n) is 12.1. The summed E-state index contributed by atoms with van der Waals surface area (Å²) in [5.41, 5.74) is 4.22. The van der Waals surface area contributed by atoms with Gasteiger partial charge >= 0.3 is 6.09 Å². The van der Waals surface area contributed by atoms with Gasteiger partial charge in [0.05, 0.1) is 6.61 Å². The number of benzene rings is 2. The fourth-order valence-electron chi connectivity index (χ4n) is 5.13. The van der Waals surface area contributed by atoms with Crippen LogP contribution in [0.4, 0.5) is 9.18 Å². The summed E-state index contributed by atoms with van der Waals surface area (Å²) in [7, 11) is 2.02. The van der Waals surface area contributed by atoms with E-state index in [0.29, 0.717) is 31.0 Å². The van der Waals surface area contributed by atoms with Crippen LogP contribution in [0.25, 0.3) is 10.9 Å². The van der Waals surface area contributed by atoms with Gasteiger partial charge in [-0.1, -0.05) is 23.7 Å². The fraction of sp³-hybridized carbons (Fsp3) is 0.321. The van der Waals surface area contributed by atoms with Crippen molar-refractivity contribution in [2.24, 2.45) is 7.05 Å². The molecule has 36 heavy (non-hydrogen) atoms. The number of aryl methyl sites for hydroxylation is 1. The van der Waals surface area contributed by atoms with Crippen molar-refractivity contribution in [2.75, 3.05) is 19.8 Å². The van der Waals surface area contributed by atoms with Crippen LogP contribution in [0.2, 0.25) is 5.02 Å². The zero-order valence-corrected chi connectivity index (χ0v) is 20.6. The molecule has 2 aliphatic heterocycles. The molecule has 3 unspecified atom stereocenters. The maximum absolute atomic E-state index is 13.5. The third-order valence-corrected chi connectivity index (χ3v) is 7.26. The number of carbonyl (C=O) groups excluding carboxylic acids is 1. The van der Waals surface area contributed by atoms with Crippen LogP contribution in [0.5, 0.6) is 5.75 Å². The minimum absolute atomic E-state index is 0.176. The minimum atomic E-state index is -0.495. The van der Waals surface area contributed by atoms with Gasteiger partial charge in [-0.25, -0.2) is 9.18 Å². The summed E-state index contributed by atoms with van der Waals surface area (Å²) in [5.74, 6) is 0.442. The van der Waals surface area contributed by atoms with Gasteiger partial charge in [0.1, 0.15) is 36.4 Å². The van der Waals surface area contributed by atoms with Crippen LogP contribution < -0.4 is 4.74 Å². The second-order valence-corrected chi connectivity index (χ2v) is 9.81. The van der Waals surface area contributed by atoms with Gasteiger partial charge in [-0.05, 0) is 66.1 Å². The molecule has 1 aliphatic carbocycles. The van der Waals surface area contributed by atoms with Gasteiger partial charge in [0.25, 0.3) is 0 Å². The summed E-state index contributed by atoms with van der Waals surface area (Å²) in [6, 6.07) is 13.4. The molecule has 8 heteroatoms. The van der Waals surface area contributed by atoms with E-state index < -0.39 is 12.2 Å². The van der Waals surface area contributed by atoms with E-state index in [1.807, 2.05) is 49.5 Å². The van der Waals surface area contributed by atoms with Crippen molar-refractivity contribution in [3.8, 4) is 5.75 Å². The molecule has 6 rings (SSSR count). The summed E-state index contributed by atoms with van der Waals surface area (Å²) in [6.45, 7) is 1.75. The van der Waals surface area contributed by atoms with Gasteiger partial charge in [0.2, 0.25) is 0 Å². The van der Waals surface area contributed by atoms with Crippen LogP contribution in [0, 0.1) is 0 Å². The first-order valence-corrected chi connectivity index (χ1v) is 12.5. The lowest BCUT2D eigenvalue weighted by Crippen LogP contribution is -2.42. The van der Waals surface area contributed by atoms with Crippen molar-refractivity contribution >= 4 is 28.6 Å². The van der Waals surface area contributed by atoms with E-state index >= 15 is 0 Å². The third kappa shape index (κ3) is 4.38. The molecule has 1 fully saturated rings. The first kappa shape index (κ1) is 23.1. The molecule has 3 aliphatic rings. The second-order valence-electron chi connectivity index (χ2n) is 9.37. The van der Waals surface area contributed by atoms with Crippen LogP contribution in [0.3, 0.4) is 0 Å². The Kier molecular flexibility index (Phi) is 5.97. The van der Waals surface area contributed by atoms with E-state index in [1.54, 1.807) is 11.0 Å². The molecular formula is C28H26ClFN2O4. The topological polar surface area (TPSA) is 56.2 Å². The molecular weight excluding hydrogens is 483 g/mol. The minimum Gasteiger partial charge on any atom is -0.491 e. The van der Waals surface area contributed by atoms with Crippen LogP contribution in [-0.4, -0.2) is 47.5 Å². The number of aromatic nitrogens is 1. The van der Waals surface area contributed by atoms with Crippen LogP contribution in [0.1, 0.15) is 29.3 Å². The number of hydrogen-bond acceptors (Lipinski definition) is 4. The third-order valence-electron chi connectivity index (χ3n) is 7.03. The van der Waals surface area contributed by atoms with Crippen molar-refractivity contribution in [2.45, 2.75) is 31.1 Å². The van der Waals surface area contributed by atoms with E-state index in [1.165, 1.54) is 17.7 Å². The molecule has 2 aromatic carbocycles. The van der Waals surface area contributed by atoms with E-state index in [9.17, 15) is 9.18 Å². The number of ether oxygens (including phenoxy) is 3. The summed E-state index contributed by atoms with van der Waals surface area (Å²) >= 11 is 6.34. The molecule has 0 radical (unpaired) electrons. The Balaban J connectivity index is 1.36. The lowest BCUT2D eigenvalue weighted by Gasteiger charge is -2.37. The van der Waals surface area contributed by atoms with E-state index in [0.717, 1.165) is 34.5 Å². The van der Waals surface area contributed by atoms with Gasteiger partial charge in [0.15, 0.2) is 0 Å². The van der Waals surface area contributed by atoms with Gasteiger partial charge in [0, 0.05) is 41.6 Å². The highest BCUT2D eigenvalue weighted by atomic mass is 35.5. The molecule has 0 bridgehead atoms. The summed E-state index contributed by atoms with van der Waals surface area (Å²) < 4.78 is 32.4. The highest BCUT2D eigenvalue weighted by Crippen LogP contribution is 2.41. The molecule has 0 spiro atoms. The monoisotopic (exact) mass is 508 g/mol. The van der Waals surface area contributed by atoms with Gasteiger partial charge < -0.3 is 18.8 Å². The molecule has 1 aromatic heterocycles. The Morgan fingerprint density at radius 1 is 1.22 bits per heavy atom. The summed E-state index contributed by atoms with van der Waals surface area (Å²) in [4.78, 5) is 15.2. The second kappa shape index (κ2) is 9.30. The highest BCUT2D eigenvalue weighted by molar-refractivity contribution is 6.31. The van der Waals surface area contributed by atoms with E-state index in [-0.39, 0.29) is 18.0 Å². The largest absolute Gasteiger partial charge is 0.491 e. The van der Waals surface area contributed by atoms with Crippen molar-refractivity contribution in [1.82, 2.24) is 9.47 Å². The SMILES string of the molecule is Cn1c2c(c3cc(Cl)ccc31)CCN(C(=O)OC1C=CC(F)=CC1)C2c1ccc(OCC2CO2)cc1. The zero-order valence-electron chi connectivity index (χ0n) is 19.8. The molecule has 1 saturated heterocycles. The Hall–Kier alpha value is -3.29. The van der Waals surface area contributed by atoms with Crippen LogP contribution in [0.15, 0.2) is 66.5 Å². The Bertz CT molecular complexity index is 1380. The molecule has 3 heterocycles. The highest BCUT2D eigenvalue weighted by Gasteiger charge is 2.37. The molecule has 0 N–H and O–H groups in total. The quantitative estimate of drug-likeness (QED) is 0.404. The van der Waals surface area contributed by atoms with Gasteiger partial charge in [-0.15, -0.1) is 0 Å². The number of carbonyl (C=O) groups is 1. The number of amides is 1. The number of hydrogen-bond donors (Lipinski definition) is 0. The van der Waals surface area contributed by atoms with Crippen molar-refractivity contribution in [3.63, 3.8) is 0 Å². The summed E-state index contributed by atoms with van der Waals surface area (Å²) in [5, 5.41) is 1.78. The summed E-state index contributed by atoms with van der Waals surface area (Å²) in [6.07, 6.45) is 4.62. The molecule has 186 valence electrons. The predicted molar refractivity (Wildman–Crippen MR) is 135 cm³/mol. The van der Waals surface area contributed by atoms with E-state index in [2.05, 4.69) is 4.57 Å². The number of rotatable bonds is 5. The standard InChI is InChI=1S/C28H26ClFN2O4/c1-31-25-11-4-18(29)14-24(25)23-12-13-32(28(33)36-21-9-5-19(30)6-10-21)26(27(23)31)17-2-7-20(8-3-17)34-15-22-16-35-22/h2-9,11,14,21-22,26H,10,12-13,15-16H2,1H3. The van der Waals surface area contributed by atoms with Crippen LogP contribution >= 0.6 is 11.6 Å². The van der Waals surface area contributed by atoms with Crippen LogP contribution in [-0.2, 0) is 22.9 Å². The zero-order chi connectivity index (χ0) is 24.8. The number of halogens is 2. The molecule has 6 nitrogen and oxygen atoms in total.